The molecule has 0 radical (unpaired) electrons. The van der Waals surface area contributed by atoms with E-state index in [9.17, 15) is 34.8 Å². The molecule has 1 aromatic carbocycles. The Hall–Kier alpha value is -3.37. The molecule has 0 spiro atoms. The summed E-state index contributed by atoms with van der Waals surface area (Å²) < 4.78 is 0. The number of hydrogen-bond acceptors (Lipinski definition) is 9. The number of fused-ring (bicyclic) bond motifs is 3. The molecule has 4 atom stereocenters. The minimum atomic E-state index is -2.61. The molecule has 3 aliphatic carbocycles. The minimum Gasteiger partial charge on any atom is -0.508 e. The van der Waals surface area contributed by atoms with Crippen LogP contribution in [-0.2, 0) is 20.8 Å². The number of hydrogen-bond donors (Lipinski definition) is 5. The number of rotatable bonds is 6. The largest absolute Gasteiger partial charge is 0.508 e. The van der Waals surface area contributed by atoms with E-state index in [2.05, 4.69) is 5.32 Å². The van der Waals surface area contributed by atoms with Gasteiger partial charge in [0, 0.05) is 36.8 Å². The number of nitrogens with one attached hydrogen (secondary N) is 1. The molecule has 1 saturated carbocycles. The number of aromatic hydroxyl groups is 1. The number of carbonyl (C=O) groups is 3. The molecule has 39 heavy (non-hydrogen) atoms. The average Bonchev–Trinajstić information content (AvgIpc) is 2.80. The molecular weight excluding hydrogens is 502 g/mol. The van der Waals surface area contributed by atoms with Crippen LogP contribution in [0.4, 0.5) is 5.69 Å². The van der Waals surface area contributed by atoms with Crippen molar-refractivity contribution in [3.05, 3.63) is 40.2 Å². The number of aliphatic hydroxyl groups is 3. The Bertz CT molecular complexity index is 1310. The summed E-state index contributed by atoms with van der Waals surface area (Å²) in [6.45, 7) is 5.52. The number of benzene rings is 1. The Kier molecular flexibility index (Phi) is 7.10. The molecule has 1 fully saturated rings. The summed E-state index contributed by atoms with van der Waals surface area (Å²) >= 11 is 0. The van der Waals surface area contributed by atoms with Gasteiger partial charge >= 0.3 is 0 Å². The number of Topliss-reactive ketones (excluding diaryl/α,β-unsaturated/α-hetero) is 2. The molecule has 0 aliphatic heterocycles. The molecule has 0 bridgehead atoms. The summed E-state index contributed by atoms with van der Waals surface area (Å²) in [5.74, 6) is -5.87. The number of phenols is 1. The van der Waals surface area contributed by atoms with E-state index in [1.165, 1.54) is 6.07 Å². The molecule has 0 unspecified atom stereocenters. The van der Waals surface area contributed by atoms with E-state index < -0.39 is 63.6 Å². The van der Waals surface area contributed by atoms with Crippen LogP contribution in [0.3, 0.4) is 0 Å². The standard InChI is InChI=1S/C29H39N3O7/c1-8-11-28(2,3)30-27(38)21-24(35)22(32(6)7)16-13-14-12-15-17(31(4)5)9-10-18(33)20(15)23(34)19(14)25(36)29(16,39)26(21)37/h9-10,14,16,22,33-34,37,39H,8,11-13H2,1-7H3,(H,30,38)/t14-,16-,22-,29-/m1/s1. The molecule has 0 saturated heterocycles. The van der Waals surface area contributed by atoms with Gasteiger partial charge in [0.25, 0.3) is 5.91 Å². The number of likely N-dealkylation sites (N-methyl/N-ethyl adjacent to an activating group) is 1. The van der Waals surface area contributed by atoms with Gasteiger partial charge in [-0.2, -0.15) is 0 Å². The third-order valence-corrected chi connectivity index (χ3v) is 8.37. The third kappa shape index (κ3) is 4.30. The fourth-order valence-corrected chi connectivity index (χ4v) is 6.69. The van der Waals surface area contributed by atoms with Crippen molar-refractivity contribution in [2.24, 2.45) is 11.8 Å². The van der Waals surface area contributed by atoms with Crippen LogP contribution >= 0.6 is 0 Å². The van der Waals surface area contributed by atoms with Crippen molar-refractivity contribution < 1.29 is 34.8 Å². The summed E-state index contributed by atoms with van der Waals surface area (Å²) in [7, 11) is 6.89. The van der Waals surface area contributed by atoms with Gasteiger partial charge in [-0.1, -0.05) is 13.3 Å². The van der Waals surface area contributed by atoms with Crippen molar-refractivity contribution in [1.29, 1.82) is 0 Å². The van der Waals surface area contributed by atoms with E-state index in [0.717, 1.165) is 12.1 Å². The monoisotopic (exact) mass is 541 g/mol. The highest BCUT2D eigenvalue weighted by Crippen LogP contribution is 2.53. The van der Waals surface area contributed by atoms with E-state index in [0.29, 0.717) is 12.0 Å². The fourth-order valence-electron chi connectivity index (χ4n) is 6.69. The van der Waals surface area contributed by atoms with Crippen LogP contribution < -0.4 is 10.2 Å². The van der Waals surface area contributed by atoms with Crippen LogP contribution in [0.2, 0.25) is 0 Å². The van der Waals surface area contributed by atoms with Gasteiger partial charge in [0.05, 0.1) is 11.6 Å². The van der Waals surface area contributed by atoms with Crippen molar-refractivity contribution >= 4 is 28.9 Å². The number of amides is 1. The highest BCUT2D eigenvalue weighted by Gasteiger charge is 2.64. The Morgan fingerprint density at radius 1 is 1.13 bits per heavy atom. The van der Waals surface area contributed by atoms with Crippen LogP contribution in [0, 0.1) is 11.8 Å². The van der Waals surface area contributed by atoms with Gasteiger partial charge in [-0.05, 0) is 70.8 Å². The molecule has 3 aliphatic rings. The Morgan fingerprint density at radius 2 is 1.77 bits per heavy atom. The van der Waals surface area contributed by atoms with Gasteiger partial charge in [0.15, 0.2) is 11.4 Å². The molecule has 10 heteroatoms. The zero-order valence-electron chi connectivity index (χ0n) is 23.6. The lowest BCUT2D eigenvalue weighted by Crippen LogP contribution is -2.66. The second-order valence-electron chi connectivity index (χ2n) is 12.0. The first kappa shape index (κ1) is 28.6. The molecule has 0 heterocycles. The summed E-state index contributed by atoms with van der Waals surface area (Å²) in [5, 5.41) is 48.0. The Balaban J connectivity index is 1.92. The van der Waals surface area contributed by atoms with Gasteiger partial charge in [-0.3, -0.25) is 19.3 Å². The highest BCUT2D eigenvalue weighted by molar-refractivity contribution is 6.25. The Morgan fingerprint density at radius 3 is 2.33 bits per heavy atom. The lowest BCUT2D eigenvalue weighted by molar-refractivity contribution is -0.153. The summed E-state index contributed by atoms with van der Waals surface area (Å²) in [6.07, 6.45) is 1.71. The van der Waals surface area contributed by atoms with Crippen LogP contribution in [0.25, 0.3) is 5.76 Å². The van der Waals surface area contributed by atoms with E-state index in [1.54, 1.807) is 38.9 Å². The molecule has 5 N–H and O–H groups in total. The number of aliphatic hydroxyl groups excluding tert-OH is 2. The topological polar surface area (TPSA) is 151 Å². The molecule has 1 aromatic rings. The van der Waals surface area contributed by atoms with Crippen LogP contribution in [-0.4, -0.2) is 88.2 Å². The normalized spacial score (nSPS) is 26.8. The van der Waals surface area contributed by atoms with Crippen LogP contribution in [0.15, 0.2) is 29.0 Å². The molecule has 212 valence electrons. The number of anilines is 1. The third-order valence-electron chi connectivity index (χ3n) is 8.37. The lowest BCUT2D eigenvalue weighted by Gasteiger charge is -2.50. The van der Waals surface area contributed by atoms with E-state index in [1.807, 2.05) is 25.9 Å². The van der Waals surface area contributed by atoms with E-state index in [4.69, 9.17) is 0 Å². The summed E-state index contributed by atoms with van der Waals surface area (Å²) in [4.78, 5) is 44.6. The first-order valence-corrected chi connectivity index (χ1v) is 13.3. The summed E-state index contributed by atoms with van der Waals surface area (Å²) in [5.41, 5.74) is -2.61. The second kappa shape index (κ2) is 9.67. The van der Waals surface area contributed by atoms with Crippen molar-refractivity contribution in [2.45, 2.75) is 63.6 Å². The number of nitrogens with zero attached hydrogens (tertiary/aromatic N) is 2. The van der Waals surface area contributed by atoms with Gasteiger partial charge < -0.3 is 30.6 Å². The molecular formula is C29H39N3O7. The number of ketones is 2. The average molecular weight is 542 g/mol. The molecule has 10 nitrogen and oxygen atoms in total. The van der Waals surface area contributed by atoms with Crippen molar-refractivity contribution in [3.63, 3.8) is 0 Å². The predicted molar refractivity (Wildman–Crippen MR) is 147 cm³/mol. The lowest BCUT2D eigenvalue weighted by atomic mass is 9.57. The number of carbonyl (C=O) groups excluding carboxylic acids is 3. The first-order chi connectivity index (χ1) is 18.1. The fraction of sp³-hybridized carbons (Fsp3) is 0.552. The zero-order chi connectivity index (χ0) is 29.2. The van der Waals surface area contributed by atoms with Crippen molar-refractivity contribution in [2.75, 3.05) is 33.1 Å². The van der Waals surface area contributed by atoms with Crippen molar-refractivity contribution in [3.8, 4) is 5.75 Å². The zero-order valence-corrected chi connectivity index (χ0v) is 23.6. The maximum absolute atomic E-state index is 14.1. The minimum absolute atomic E-state index is 0.0818. The smallest absolute Gasteiger partial charge is 0.258 e. The highest BCUT2D eigenvalue weighted by atomic mass is 16.3. The maximum atomic E-state index is 14.1. The first-order valence-electron chi connectivity index (χ1n) is 13.3. The van der Waals surface area contributed by atoms with E-state index >= 15 is 0 Å². The van der Waals surface area contributed by atoms with Gasteiger partial charge in [-0.15, -0.1) is 0 Å². The number of phenolic OH excluding ortho intramolecular Hbond substituents is 1. The maximum Gasteiger partial charge on any atom is 0.258 e. The second-order valence-corrected chi connectivity index (χ2v) is 12.0. The Labute approximate surface area is 228 Å². The summed E-state index contributed by atoms with van der Waals surface area (Å²) in [6, 6.07) is 2.07. The van der Waals surface area contributed by atoms with Gasteiger partial charge in [0.2, 0.25) is 5.78 Å². The quantitative estimate of drug-likeness (QED) is 0.342. The van der Waals surface area contributed by atoms with Crippen LogP contribution in [0.1, 0.15) is 51.2 Å². The van der Waals surface area contributed by atoms with E-state index in [-0.39, 0.29) is 29.7 Å². The predicted octanol–water partition coefficient (Wildman–Crippen LogP) is 2.24. The molecule has 1 amide bonds. The molecule has 4 rings (SSSR count). The van der Waals surface area contributed by atoms with Gasteiger partial charge in [0.1, 0.15) is 22.8 Å². The van der Waals surface area contributed by atoms with Crippen LogP contribution in [0.5, 0.6) is 5.75 Å². The van der Waals surface area contributed by atoms with Gasteiger partial charge in [-0.25, -0.2) is 0 Å². The SMILES string of the molecule is CCCC(C)(C)NC(=O)C1=C(O)[C@]2(O)C(=O)C3=C(O)c4c(O)ccc(N(C)C)c4C[C@@H]3C[C@@H]2[C@@H](N(C)C)C1=O. The van der Waals surface area contributed by atoms with Crippen molar-refractivity contribution in [1.82, 2.24) is 10.2 Å². The molecule has 0 aromatic heterocycles.